The largest absolute Gasteiger partial charge is 0.396 e. The lowest BCUT2D eigenvalue weighted by Crippen LogP contribution is -2.49. The second-order valence-corrected chi connectivity index (χ2v) is 5.59. The molecule has 0 unspecified atom stereocenters. The number of hydrogen-bond acceptors (Lipinski definition) is 3. The van der Waals surface area contributed by atoms with Gasteiger partial charge in [-0.15, -0.1) is 0 Å². The summed E-state index contributed by atoms with van der Waals surface area (Å²) in [6.07, 6.45) is 1.47. The van der Waals surface area contributed by atoms with Crippen LogP contribution in [0.2, 0.25) is 0 Å². The van der Waals surface area contributed by atoms with E-state index in [1.54, 1.807) is 0 Å². The Labute approximate surface area is 115 Å². The van der Waals surface area contributed by atoms with Gasteiger partial charge in [0.2, 0.25) is 0 Å². The highest BCUT2D eigenvalue weighted by Gasteiger charge is 2.34. The Morgan fingerprint density at radius 2 is 1.95 bits per heavy atom. The molecule has 0 aliphatic carbocycles. The van der Waals surface area contributed by atoms with Crippen LogP contribution in [0.3, 0.4) is 0 Å². The quantitative estimate of drug-likeness (QED) is 0.852. The van der Waals surface area contributed by atoms with Gasteiger partial charge in [-0.2, -0.15) is 0 Å². The lowest BCUT2D eigenvalue weighted by molar-refractivity contribution is -0.0283. The van der Waals surface area contributed by atoms with Crippen LogP contribution >= 0.6 is 0 Å². The SMILES string of the molecule is CC[C@@H]1CN(Cc2ccccc2)C[C@H](O)[C@@H]1CCO. The normalized spacial score (nSPS) is 28.5. The van der Waals surface area contributed by atoms with Crippen LogP contribution in [-0.4, -0.2) is 40.9 Å². The van der Waals surface area contributed by atoms with Crippen molar-refractivity contribution in [3.63, 3.8) is 0 Å². The molecule has 3 heteroatoms. The molecule has 3 atom stereocenters. The minimum Gasteiger partial charge on any atom is -0.396 e. The van der Waals surface area contributed by atoms with Crippen molar-refractivity contribution in [2.24, 2.45) is 11.8 Å². The first-order valence-electron chi connectivity index (χ1n) is 7.29. The fraction of sp³-hybridized carbons (Fsp3) is 0.625. The number of hydrogen-bond donors (Lipinski definition) is 2. The molecule has 3 nitrogen and oxygen atoms in total. The average Bonchev–Trinajstić information content (AvgIpc) is 2.42. The minimum absolute atomic E-state index is 0.177. The molecule has 2 N–H and O–H groups in total. The van der Waals surface area contributed by atoms with Crippen LogP contribution < -0.4 is 0 Å². The molecule has 0 aromatic heterocycles. The molecule has 1 aliphatic heterocycles. The van der Waals surface area contributed by atoms with Crippen LogP contribution in [0.4, 0.5) is 0 Å². The smallest absolute Gasteiger partial charge is 0.0699 e. The zero-order valence-electron chi connectivity index (χ0n) is 11.7. The van der Waals surface area contributed by atoms with E-state index in [-0.39, 0.29) is 18.6 Å². The molecule has 1 heterocycles. The van der Waals surface area contributed by atoms with E-state index in [9.17, 15) is 5.11 Å². The number of benzene rings is 1. The summed E-state index contributed by atoms with van der Waals surface area (Å²) in [6.45, 7) is 4.99. The molecule has 19 heavy (non-hydrogen) atoms. The Balaban J connectivity index is 1.98. The molecule has 1 fully saturated rings. The zero-order valence-corrected chi connectivity index (χ0v) is 11.7. The Hall–Kier alpha value is -0.900. The lowest BCUT2D eigenvalue weighted by Gasteiger charge is -2.41. The van der Waals surface area contributed by atoms with E-state index in [4.69, 9.17) is 5.11 Å². The standard InChI is InChI=1S/C16H25NO2/c1-2-14-11-17(10-13-6-4-3-5-7-13)12-16(19)15(14)8-9-18/h3-7,14-16,18-19H,2,8-12H2,1H3/t14-,15-,16+/m1/s1. The molecule has 0 spiro atoms. The topological polar surface area (TPSA) is 43.7 Å². The van der Waals surface area contributed by atoms with Crippen molar-refractivity contribution in [3.05, 3.63) is 35.9 Å². The monoisotopic (exact) mass is 263 g/mol. The molecule has 1 aliphatic rings. The first-order valence-corrected chi connectivity index (χ1v) is 7.29. The van der Waals surface area contributed by atoms with Crippen molar-refractivity contribution in [1.29, 1.82) is 0 Å². The summed E-state index contributed by atoms with van der Waals surface area (Å²) in [5, 5.41) is 19.4. The Kier molecular flexibility index (Phi) is 5.37. The van der Waals surface area contributed by atoms with E-state index >= 15 is 0 Å². The third-order valence-electron chi connectivity index (χ3n) is 4.27. The van der Waals surface area contributed by atoms with Gasteiger partial charge in [0.05, 0.1) is 6.10 Å². The Morgan fingerprint density at radius 3 is 2.58 bits per heavy atom. The summed E-state index contributed by atoms with van der Waals surface area (Å²) < 4.78 is 0. The van der Waals surface area contributed by atoms with E-state index in [2.05, 4.69) is 36.1 Å². The molecule has 1 aromatic rings. The van der Waals surface area contributed by atoms with Gasteiger partial charge in [-0.05, 0) is 23.8 Å². The first kappa shape index (κ1) is 14.5. The van der Waals surface area contributed by atoms with Crippen LogP contribution in [0.15, 0.2) is 30.3 Å². The third-order valence-corrected chi connectivity index (χ3v) is 4.27. The van der Waals surface area contributed by atoms with Crippen LogP contribution in [0.5, 0.6) is 0 Å². The number of aliphatic hydroxyl groups is 2. The van der Waals surface area contributed by atoms with Gasteiger partial charge in [0, 0.05) is 26.2 Å². The molecule has 106 valence electrons. The van der Waals surface area contributed by atoms with Crippen molar-refractivity contribution in [2.45, 2.75) is 32.4 Å². The van der Waals surface area contributed by atoms with Crippen LogP contribution in [0.1, 0.15) is 25.3 Å². The average molecular weight is 263 g/mol. The summed E-state index contributed by atoms with van der Waals surface area (Å²) >= 11 is 0. The number of aliphatic hydroxyl groups excluding tert-OH is 2. The molecule has 2 rings (SSSR count). The van der Waals surface area contributed by atoms with Crippen molar-refractivity contribution in [3.8, 4) is 0 Å². The number of β-amino-alcohol motifs (C(OH)–C–C–N with tert-alkyl or cyclic N) is 1. The van der Waals surface area contributed by atoms with E-state index in [1.807, 2.05) is 6.07 Å². The van der Waals surface area contributed by atoms with Gasteiger partial charge in [-0.25, -0.2) is 0 Å². The predicted octanol–water partition coefficient (Wildman–Crippen LogP) is 1.89. The Morgan fingerprint density at radius 1 is 1.21 bits per heavy atom. The van der Waals surface area contributed by atoms with Gasteiger partial charge in [0.15, 0.2) is 0 Å². The molecular formula is C16H25NO2. The number of rotatable bonds is 5. The first-order chi connectivity index (χ1) is 9.24. The molecule has 1 aromatic carbocycles. The maximum absolute atomic E-state index is 10.3. The second kappa shape index (κ2) is 7.04. The summed E-state index contributed by atoms with van der Waals surface area (Å²) in [5.41, 5.74) is 1.30. The number of piperidine rings is 1. The van der Waals surface area contributed by atoms with E-state index in [0.717, 1.165) is 32.5 Å². The summed E-state index contributed by atoms with van der Waals surface area (Å²) in [5.74, 6) is 0.738. The highest BCUT2D eigenvalue weighted by atomic mass is 16.3. The number of likely N-dealkylation sites (tertiary alicyclic amines) is 1. The molecule has 1 saturated heterocycles. The van der Waals surface area contributed by atoms with Crippen LogP contribution in [-0.2, 0) is 6.54 Å². The highest BCUT2D eigenvalue weighted by Crippen LogP contribution is 2.29. The van der Waals surface area contributed by atoms with Crippen molar-refractivity contribution in [1.82, 2.24) is 4.90 Å². The van der Waals surface area contributed by atoms with Gasteiger partial charge in [0.1, 0.15) is 0 Å². The summed E-state index contributed by atoms with van der Waals surface area (Å²) in [6, 6.07) is 10.4. The molecular weight excluding hydrogens is 238 g/mol. The zero-order chi connectivity index (χ0) is 13.7. The lowest BCUT2D eigenvalue weighted by atomic mass is 9.80. The predicted molar refractivity (Wildman–Crippen MR) is 76.7 cm³/mol. The molecule has 0 radical (unpaired) electrons. The fourth-order valence-electron chi connectivity index (χ4n) is 3.24. The van der Waals surface area contributed by atoms with Crippen molar-refractivity contribution in [2.75, 3.05) is 19.7 Å². The van der Waals surface area contributed by atoms with Gasteiger partial charge >= 0.3 is 0 Å². The molecule has 0 bridgehead atoms. The molecule has 0 saturated carbocycles. The highest BCUT2D eigenvalue weighted by molar-refractivity contribution is 5.14. The second-order valence-electron chi connectivity index (χ2n) is 5.59. The van der Waals surface area contributed by atoms with Gasteiger partial charge in [0.25, 0.3) is 0 Å². The van der Waals surface area contributed by atoms with E-state index < -0.39 is 0 Å². The van der Waals surface area contributed by atoms with Crippen molar-refractivity contribution < 1.29 is 10.2 Å². The van der Waals surface area contributed by atoms with Gasteiger partial charge < -0.3 is 10.2 Å². The van der Waals surface area contributed by atoms with Crippen LogP contribution in [0, 0.1) is 11.8 Å². The third kappa shape index (κ3) is 3.78. The Bertz CT molecular complexity index is 368. The van der Waals surface area contributed by atoms with Gasteiger partial charge in [-0.3, -0.25) is 4.90 Å². The van der Waals surface area contributed by atoms with Crippen LogP contribution in [0.25, 0.3) is 0 Å². The number of nitrogens with zero attached hydrogens (tertiary/aromatic N) is 1. The maximum atomic E-state index is 10.3. The fourth-order valence-corrected chi connectivity index (χ4v) is 3.24. The van der Waals surface area contributed by atoms with E-state index in [0.29, 0.717) is 5.92 Å². The molecule has 0 amide bonds. The minimum atomic E-state index is -0.311. The summed E-state index contributed by atoms with van der Waals surface area (Å²) in [7, 11) is 0. The summed E-state index contributed by atoms with van der Waals surface area (Å²) in [4.78, 5) is 2.34. The van der Waals surface area contributed by atoms with E-state index in [1.165, 1.54) is 5.56 Å². The van der Waals surface area contributed by atoms with Gasteiger partial charge in [-0.1, -0.05) is 43.7 Å². The van der Waals surface area contributed by atoms with Crippen molar-refractivity contribution >= 4 is 0 Å². The maximum Gasteiger partial charge on any atom is 0.0699 e.